The van der Waals surface area contributed by atoms with Crippen molar-refractivity contribution in [2.24, 2.45) is 0 Å². The number of nitrogens with zero attached hydrogens (tertiary/aromatic N) is 6. The summed E-state index contributed by atoms with van der Waals surface area (Å²) in [4.78, 5) is 10.6. The molecule has 2 heterocycles. The summed E-state index contributed by atoms with van der Waals surface area (Å²) in [7, 11) is 0. The maximum Gasteiger partial charge on any atom is 0.295 e. The molecule has 9 heteroatoms. The van der Waals surface area contributed by atoms with Crippen molar-refractivity contribution < 1.29 is 9.31 Å². The first kappa shape index (κ1) is 12.0. The van der Waals surface area contributed by atoms with Crippen LogP contribution in [-0.4, -0.2) is 29.7 Å². The summed E-state index contributed by atoms with van der Waals surface area (Å²) < 4.78 is 16.6. The number of benzene rings is 1. The first-order valence-corrected chi connectivity index (χ1v) is 5.51. The second-order valence-corrected chi connectivity index (χ2v) is 3.89. The molecule has 8 nitrogen and oxygen atoms in total. The van der Waals surface area contributed by atoms with Gasteiger partial charge in [0, 0.05) is 24.5 Å². The summed E-state index contributed by atoms with van der Waals surface area (Å²) in [5, 5.41) is 21.4. The topological polar surface area (TPSA) is 91.7 Å². The quantitative estimate of drug-likeness (QED) is 0.533. The lowest BCUT2D eigenvalue weighted by atomic mass is 10.2. The smallest absolute Gasteiger partial charge is 0.295 e. The molecule has 0 amide bonds. The predicted octanol–water partition coefficient (Wildman–Crippen LogP) is 1.50. The highest BCUT2D eigenvalue weighted by Crippen LogP contribution is 2.28. The molecule has 0 atom stereocenters. The van der Waals surface area contributed by atoms with Crippen molar-refractivity contribution in [2.45, 2.75) is 0 Å². The van der Waals surface area contributed by atoms with E-state index in [0.717, 1.165) is 23.1 Å². The molecular formula is C11H7FN6O2. The Labute approximate surface area is 111 Å². The van der Waals surface area contributed by atoms with Crippen molar-refractivity contribution in [3.63, 3.8) is 0 Å². The molecule has 0 N–H and O–H groups in total. The Morgan fingerprint density at radius 1 is 1.20 bits per heavy atom. The van der Waals surface area contributed by atoms with E-state index in [1.54, 1.807) is 24.5 Å². The van der Waals surface area contributed by atoms with Crippen LogP contribution in [0.4, 0.5) is 10.1 Å². The first-order valence-electron chi connectivity index (χ1n) is 5.51. The van der Waals surface area contributed by atoms with Gasteiger partial charge < -0.3 is 4.57 Å². The van der Waals surface area contributed by atoms with Crippen LogP contribution >= 0.6 is 0 Å². The van der Waals surface area contributed by atoms with Crippen LogP contribution < -0.4 is 0 Å². The summed E-state index contributed by atoms with van der Waals surface area (Å²) in [6.45, 7) is 0. The summed E-state index contributed by atoms with van der Waals surface area (Å²) in [6, 6.07) is 5.56. The largest absolute Gasteiger partial charge is 0.318 e. The van der Waals surface area contributed by atoms with E-state index in [9.17, 15) is 14.5 Å². The fourth-order valence-corrected chi connectivity index (χ4v) is 1.84. The third-order valence-electron chi connectivity index (χ3n) is 2.72. The van der Waals surface area contributed by atoms with Gasteiger partial charge in [-0.1, -0.05) is 0 Å². The molecule has 0 aliphatic heterocycles. The van der Waals surface area contributed by atoms with Gasteiger partial charge in [-0.3, -0.25) is 10.1 Å². The van der Waals surface area contributed by atoms with E-state index in [4.69, 9.17) is 0 Å². The average molecular weight is 274 g/mol. The lowest BCUT2D eigenvalue weighted by Crippen LogP contribution is -2.05. The van der Waals surface area contributed by atoms with Gasteiger partial charge in [-0.25, -0.2) is 4.39 Å². The molecule has 0 bridgehead atoms. The fourth-order valence-electron chi connectivity index (χ4n) is 1.84. The van der Waals surface area contributed by atoms with Crippen LogP contribution in [0, 0.1) is 15.9 Å². The Balaban J connectivity index is 2.23. The van der Waals surface area contributed by atoms with Crippen molar-refractivity contribution in [2.75, 3.05) is 0 Å². The number of nitro groups is 1. The van der Waals surface area contributed by atoms with Crippen molar-refractivity contribution >= 4 is 5.69 Å². The Bertz CT molecular complexity index is 754. The van der Waals surface area contributed by atoms with Gasteiger partial charge in [0.05, 0.1) is 4.92 Å². The number of rotatable bonds is 3. The highest BCUT2D eigenvalue weighted by atomic mass is 19.1. The van der Waals surface area contributed by atoms with E-state index >= 15 is 0 Å². The van der Waals surface area contributed by atoms with Crippen molar-refractivity contribution in [3.05, 3.63) is 58.9 Å². The number of tetrazole rings is 1. The molecule has 0 unspecified atom stereocenters. The van der Waals surface area contributed by atoms with Crippen molar-refractivity contribution in [1.82, 2.24) is 24.8 Å². The first-order chi connectivity index (χ1) is 9.66. The zero-order valence-electron chi connectivity index (χ0n) is 9.92. The van der Waals surface area contributed by atoms with E-state index in [1.165, 1.54) is 4.57 Å². The molecule has 2 aromatic heterocycles. The molecule has 0 fully saturated rings. The third-order valence-corrected chi connectivity index (χ3v) is 2.72. The maximum absolute atomic E-state index is 14.1. The second kappa shape index (κ2) is 4.53. The van der Waals surface area contributed by atoms with Gasteiger partial charge in [-0.2, -0.15) is 4.68 Å². The van der Waals surface area contributed by atoms with Gasteiger partial charge in [0.2, 0.25) is 0 Å². The van der Waals surface area contributed by atoms with Gasteiger partial charge in [0.1, 0.15) is 17.7 Å². The van der Waals surface area contributed by atoms with Gasteiger partial charge in [0.15, 0.2) is 5.82 Å². The molecule has 3 aromatic rings. The summed E-state index contributed by atoms with van der Waals surface area (Å²) in [6.07, 6.45) is 4.36. The molecule has 0 saturated heterocycles. The Morgan fingerprint density at radius 2 is 1.95 bits per heavy atom. The van der Waals surface area contributed by atoms with Crippen molar-refractivity contribution in [3.8, 4) is 11.4 Å². The Hall–Kier alpha value is -3.10. The zero-order chi connectivity index (χ0) is 14.1. The number of aromatic nitrogens is 5. The SMILES string of the molecule is O=[N+]([O-])c1cc(-n2cnnn2)c(F)cc1-n1cccc1. The summed E-state index contributed by atoms with van der Waals surface area (Å²) in [5.74, 6) is -0.661. The Kier molecular flexibility index (Phi) is 2.71. The van der Waals surface area contributed by atoms with Gasteiger partial charge in [-0.05, 0) is 22.6 Å². The van der Waals surface area contributed by atoms with Gasteiger partial charge >= 0.3 is 0 Å². The minimum Gasteiger partial charge on any atom is -0.318 e. The standard InChI is InChI=1S/C11H7FN6O2/c12-8-5-10(16-3-1-2-4-16)11(18(19)20)6-9(8)17-7-13-14-15-17/h1-7H. The van der Waals surface area contributed by atoms with Crippen LogP contribution in [0.3, 0.4) is 0 Å². The maximum atomic E-state index is 14.1. The van der Waals surface area contributed by atoms with Crippen LogP contribution in [0.25, 0.3) is 11.4 Å². The van der Waals surface area contributed by atoms with Gasteiger partial charge in [0.25, 0.3) is 5.69 Å². The van der Waals surface area contributed by atoms with E-state index < -0.39 is 10.7 Å². The molecule has 0 saturated carbocycles. The van der Waals surface area contributed by atoms with Crippen LogP contribution in [0.15, 0.2) is 43.0 Å². The number of hydrogen-bond acceptors (Lipinski definition) is 5. The molecule has 0 radical (unpaired) electrons. The summed E-state index contributed by atoms with van der Waals surface area (Å²) >= 11 is 0. The fraction of sp³-hybridized carbons (Fsp3) is 0. The molecular weight excluding hydrogens is 267 g/mol. The molecule has 0 aliphatic carbocycles. The van der Waals surface area contributed by atoms with Crippen LogP contribution in [0.1, 0.15) is 0 Å². The highest BCUT2D eigenvalue weighted by Gasteiger charge is 2.20. The minimum atomic E-state index is -0.661. The number of hydrogen-bond donors (Lipinski definition) is 0. The number of nitro benzene ring substituents is 1. The second-order valence-electron chi connectivity index (χ2n) is 3.89. The van der Waals surface area contributed by atoms with Crippen LogP contribution in [-0.2, 0) is 0 Å². The lowest BCUT2D eigenvalue weighted by molar-refractivity contribution is -0.384. The van der Waals surface area contributed by atoms with E-state index in [1.807, 2.05) is 0 Å². The van der Waals surface area contributed by atoms with Crippen LogP contribution in [0.2, 0.25) is 0 Å². The van der Waals surface area contributed by atoms with E-state index in [0.29, 0.717) is 0 Å². The van der Waals surface area contributed by atoms with Gasteiger partial charge in [-0.15, -0.1) is 5.10 Å². The van der Waals surface area contributed by atoms with Crippen LogP contribution in [0.5, 0.6) is 0 Å². The zero-order valence-corrected chi connectivity index (χ0v) is 9.92. The van der Waals surface area contributed by atoms with Crippen molar-refractivity contribution in [1.29, 1.82) is 0 Å². The molecule has 0 spiro atoms. The molecule has 1 aromatic carbocycles. The van der Waals surface area contributed by atoms with E-state index in [-0.39, 0.29) is 17.1 Å². The minimum absolute atomic E-state index is 0.0855. The average Bonchev–Trinajstić information content (AvgIpc) is 3.11. The third kappa shape index (κ3) is 1.90. The highest BCUT2D eigenvalue weighted by molar-refractivity contribution is 5.58. The molecule has 20 heavy (non-hydrogen) atoms. The summed E-state index contributed by atoms with van der Waals surface area (Å²) in [5.41, 5.74) is -0.194. The molecule has 100 valence electrons. The molecule has 3 rings (SSSR count). The number of halogens is 1. The monoisotopic (exact) mass is 274 g/mol. The van der Waals surface area contributed by atoms with E-state index in [2.05, 4.69) is 15.5 Å². The Morgan fingerprint density at radius 3 is 2.55 bits per heavy atom. The lowest BCUT2D eigenvalue weighted by Gasteiger charge is -2.07. The normalized spacial score (nSPS) is 10.7. The predicted molar refractivity (Wildman–Crippen MR) is 65.1 cm³/mol. The molecule has 0 aliphatic rings.